The van der Waals surface area contributed by atoms with Crippen molar-refractivity contribution in [2.45, 2.75) is 33.4 Å². The van der Waals surface area contributed by atoms with E-state index in [1.54, 1.807) is 12.3 Å². The molecule has 0 aliphatic rings. The maximum absolute atomic E-state index is 12.5. The van der Waals surface area contributed by atoms with Gasteiger partial charge in [0.1, 0.15) is 11.4 Å². The zero-order valence-electron chi connectivity index (χ0n) is 16.1. The molecule has 0 aliphatic heterocycles. The average Bonchev–Trinajstić information content (AvgIpc) is 2.67. The minimum absolute atomic E-state index is 0.0364. The third-order valence-electron chi connectivity index (χ3n) is 3.74. The molecule has 144 valence electrons. The van der Waals surface area contributed by atoms with E-state index >= 15 is 0 Å². The number of benzene rings is 1. The summed E-state index contributed by atoms with van der Waals surface area (Å²) in [7, 11) is 0. The number of hydrogen-bond acceptors (Lipinski definition) is 6. The number of pyridine rings is 1. The first-order valence-corrected chi connectivity index (χ1v) is 9.08. The Hall–Kier alpha value is -3.48. The lowest BCUT2D eigenvalue weighted by molar-refractivity contribution is 0.0945. The Kier molecular flexibility index (Phi) is 6.16. The topological polar surface area (TPSA) is 89.0 Å². The molecule has 0 unspecified atom stereocenters. The standard InChI is InChI=1S/C21H23N5O2/c1-14(2)28-19-10-5-4-9-17(19)25-21-24-15(3)12-18(26-21)20(27)23-13-16-8-6-7-11-22-16/h4-12,14H,13H2,1-3H3,(H,23,27)(H,24,25,26). The highest BCUT2D eigenvalue weighted by atomic mass is 16.5. The van der Waals surface area contributed by atoms with Crippen molar-refractivity contribution in [2.75, 3.05) is 5.32 Å². The first-order chi connectivity index (χ1) is 13.5. The van der Waals surface area contributed by atoms with Crippen molar-refractivity contribution in [3.63, 3.8) is 0 Å². The summed E-state index contributed by atoms with van der Waals surface area (Å²) in [5.41, 5.74) is 2.48. The average molecular weight is 377 g/mol. The molecule has 2 N–H and O–H groups in total. The number of carbonyl (C=O) groups is 1. The summed E-state index contributed by atoms with van der Waals surface area (Å²) in [5.74, 6) is 0.748. The SMILES string of the molecule is Cc1cc(C(=O)NCc2ccccn2)nc(Nc2ccccc2OC(C)C)n1. The van der Waals surface area contributed by atoms with E-state index in [1.165, 1.54) is 0 Å². The van der Waals surface area contributed by atoms with Gasteiger partial charge in [-0.25, -0.2) is 9.97 Å². The molecule has 0 radical (unpaired) electrons. The fourth-order valence-electron chi connectivity index (χ4n) is 2.55. The Morgan fingerprint density at radius 2 is 1.89 bits per heavy atom. The monoisotopic (exact) mass is 377 g/mol. The van der Waals surface area contributed by atoms with Gasteiger partial charge in [-0.15, -0.1) is 0 Å². The van der Waals surface area contributed by atoms with E-state index in [4.69, 9.17) is 4.74 Å². The van der Waals surface area contributed by atoms with E-state index in [0.29, 0.717) is 23.9 Å². The van der Waals surface area contributed by atoms with Crippen LogP contribution in [0.2, 0.25) is 0 Å². The van der Waals surface area contributed by atoms with E-state index in [0.717, 1.165) is 11.4 Å². The van der Waals surface area contributed by atoms with Crippen LogP contribution in [0.15, 0.2) is 54.7 Å². The second kappa shape index (κ2) is 8.94. The fourth-order valence-corrected chi connectivity index (χ4v) is 2.55. The number of anilines is 2. The Bertz CT molecular complexity index is 945. The molecule has 0 aliphatic carbocycles. The number of aryl methyl sites for hydroxylation is 1. The molecular weight excluding hydrogens is 354 g/mol. The van der Waals surface area contributed by atoms with Crippen molar-refractivity contribution in [2.24, 2.45) is 0 Å². The number of rotatable bonds is 7. The molecular formula is C21H23N5O2. The van der Waals surface area contributed by atoms with E-state index in [1.807, 2.05) is 63.2 Å². The van der Waals surface area contributed by atoms with Gasteiger partial charge in [0, 0.05) is 11.9 Å². The highest BCUT2D eigenvalue weighted by molar-refractivity contribution is 5.92. The van der Waals surface area contributed by atoms with Crippen LogP contribution in [-0.4, -0.2) is 27.0 Å². The number of carbonyl (C=O) groups excluding carboxylic acids is 1. The van der Waals surface area contributed by atoms with Crippen LogP contribution in [0, 0.1) is 6.92 Å². The smallest absolute Gasteiger partial charge is 0.270 e. The van der Waals surface area contributed by atoms with Gasteiger partial charge in [-0.05, 0) is 51.1 Å². The van der Waals surface area contributed by atoms with Gasteiger partial charge in [-0.2, -0.15) is 0 Å². The molecule has 0 spiro atoms. The third-order valence-corrected chi connectivity index (χ3v) is 3.74. The van der Waals surface area contributed by atoms with Gasteiger partial charge in [0.25, 0.3) is 5.91 Å². The Labute approximate surface area is 164 Å². The van der Waals surface area contributed by atoms with Crippen molar-refractivity contribution in [3.8, 4) is 5.75 Å². The normalized spacial score (nSPS) is 10.6. The van der Waals surface area contributed by atoms with Gasteiger partial charge in [-0.1, -0.05) is 18.2 Å². The van der Waals surface area contributed by atoms with Crippen LogP contribution >= 0.6 is 0 Å². The number of para-hydroxylation sites is 2. The number of nitrogens with one attached hydrogen (secondary N) is 2. The Morgan fingerprint density at radius 1 is 1.11 bits per heavy atom. The van der Waals surface area contributed by atoms with E-state index in [9.17, 15) is 4.79 Å². The van der Waals surface area contributed by atoms with Crippen LogP contribution in [0.1, 0.15) is 35.7 Å². The van der Waals surface area contributed by atoms with Crippen LogP contribution < -0.4 is 15.4 Å². The Balaban J connectivity index is 1.75. The summed E-state index contributed by atoms with van der Waals surface area (Å²) < 4.78 is 5.81. The number of aromatic nitrogens is 3. The van der Waals surface area contributed by atoms with Crippen molar-refractivity contribution >= 4 is 17.5 Å². The fraction of sp³-hybridized carbons (Fsp3) is 0.238. The largest absolute Gasteiger partial charge is 0.489 e. The molecule has 3 rings (SSSR count). The molecule has 1 amide bonds. The van der Waals surface area contributed by atoms with E-state index in [2.05, 4.69) is 25.6 Å². The third kappa shape index (κ3) is 5.26. The van der Waals surface area contributed by atoms with Crippen molar-refractivity contribution < 1.29 is 9.53 Å². The van der Waals surface area contributed by atoms with Crippen LogP contribution in [0.4, 0.5) is 11.6 Å². The predicted octanol–water partition coefficient (Wildman–Crippen LogP) is 3.64. The van der Waals surface area contributed by atoms with Crippen molar-refractivity contribution in [3.05, 3.63) is 71.8 Å². The van der Waals surface area contributed by atoms with Crippen LogP contribution in [0.3, 0.4) is 0 Å². The van der Waals surface area contributed by atoms with Crippen molar-refractivity contribution in [1.82, 2.24) is 20.3 Å². The molecule has 2 aromatic heterocycles. The second-order valence-corrected chi connectivity index (χ2v) is 6.51. The molecule has 28 heavy (non-hydrogen) atoms. The molecule has 0 atom stereocenters. The first kappa shape index (κ1) is 19.3. The number of hydrogen-bond donors (Lipinski definition) is 2. The van der Waals surface area contributed by atoms with E-state index < -0.39 is 0 Å². The highest BCUT2D eigenvalue weighted by Gasteiger charge is 2.12. The summed E-state index contributed by atoms with van der Waals surface area (Å²) >= 11 is 0. The highest BCUT2D eigenvalue weighted by Crippen LogP contribution is 2.27. The van der Waals surface area contributed by atoms with Gasteiger partial charge in [0.15, 0.2) is 0 Å². The minimum Gasteiger partial charge on any atom is -0.489 e. The Morgan fingerprint density at radius 3 is 2.64 bits per heavy atom. The zero-order chi connectivity index (χ0) is 19.9. The first-order valence-electron chi connectivity index (χ1n) is 9.08. The summed E-state index contributed by atoms with van der Waals surface area (Å²) in [6.07, 6.45) is 1.73. The van der Waals surface area contributed by atoms with Crippen molar-refractivity contribution in [1.29, 1.82) is 0 Å². The van der Waals surface area contributed by atoms with Gasteiger partial charge in [0.05, 0.1) is 24.0 Å². The molecule has 0 saturated heterocycles. The van der Waals surface area contributed by atoms with Gasteiger partial charge < -0.3 is 15.4 Å². The van der Waals surface area contributed by atoms with E-state index in [-0.39, 0.29) is 17.7 Å². The second-order valence-electron chi connectivity index (χ2n) is 6.51. The van der Waals surface area contributed by atoms with Crippen LogP contribution in [0.25, 0.3) is 0 Å². The molecule has 3 aromatic rings. The number of nitrogens with zero attached hydrogens (tertiary/aromatic N) is 3. The van der Waals surface area contributed by atoms with Gasteiger partial charge >= 0.3 is 0 Å². The lowest BCUT2D eigenvalue weighted by atomic mass is 10.3. The summed E-state index contributed by atoms with van der Waals surface area (Å²) in [6.45, 7) is 6.07. The summed E-state index contributed by atoms with van der Waals surface area (Å²) in [5, 5.41) is 5.98. The quantitative estimate of drug-likeness (QED) is 0.653. The maximum Gasteiger partial charge on any atom is 0.270 e. The number of ether oxygens (including phenoxy) is 1. The summed E-state index contributed by atoms with van der Waals surface area (Å²) in [4.78, 5) is 25.4. The predicted molar refractivity (Wildman–Crippen MR) is 108 cm³/mol. The summed E-state index contributed by atoms with van der Waals surface area (Å²) in [6, 6.07) is 14.8. The lowest BCUT2D eigenvalue weighted by Gasteiger charge is -2.15. The van der Waals surface area contributed by atoms with Crippen LogP contribution in [-0.2, 0) is 6.54 Å². The molecule has 7 heteroatoms. The number of amides is 1. The molecule has 7 nitrogen and oxygen atoms in total. The van der Waals surface area contributed by atoms with Gasteiger partial charge in [0.2, 0.25) is 5.95 Å². The molecule has 0 saturated carbocycles. The lowest BCUT2D eigenvalue weighted by Crippen LogP contribution is -2.25. The minimum atomic E-state index is -0.286. The maximum atomic E-state index is 12.5. The van der Waals surface area contributed by atoms with Gasteiger partial charge in [-0.3, -0.25) is 9.78 Å². The molecule has 0 bridgehead atoms. The molecule has 1 aromatic carbocycles. The molecule has 2 heterocycles. The van der Waals surface area contributed by atoms with Crippen LogP contribution in [0.5, 0.6) is 5.75 Å². The zero-order valence-corrected chi connectivity index (χ0v) is 16.1. The molecule has 0 fully saturated rings.